The van der Waals surface area contributed by atoms with Crippen LogP contribution in [-0.4, -0.2) is 137 Å². The highest BCUT2D eigenvalue weighted by Gasteiger charge is 2.49. The Labute approximate surface area is 460 Å². The zero-order chi connectivity index (χ0) is 58.1. The van der Waals surface area contributed by atoms with Crippen molar-refractivity contribution in [1.82, 2.24) is 41.4 Å². The number of allylic oxidation sites excluding steroid dienone is 6. The Morgan fingerprint density at radius 2 is 1.74 bits per heavy atom. The molecule has 7 rings (SSSR count). The fourth-order valence-corrected chi connectivity index (χ4v) is 10.0. The number of fused-ring (bicyclic) bond motifs is 5. The number of nitrogens with zero attached hydrogens (tertiary/aromatic N) is 3. The summed E-state index contributed by atoms with van der Waals surface area (Å²) in [4.78, 5) is 123. The molecule has 23 nitrogen and oxygen atoms in total. The number of pyridine rings is 1. The van der Waals surface area contributed by atoms with Crippen LogP contribution in [0.5, 0.6) is 0 Å². The SMILES string of the molecule is C=C=C=CCC(C)C1CC(=O)N([C@H](C)C(C)(O)NCC(=O)NCC(=O)N[C@@H](Cc2ccccc2)C(=O)NCC(=O)NCOCCOC(=O)NCC2=C3Cn4c(cc5c(c4=O)COC(=O)[C@]5(O)CC)C3=NC3=CC(F)=C(C)CC32)C1=O. The van der Waals surface area contributed by atoms with Crippen LogP contribution in [0.4, 0.5) is 9.18 Å². The summed E-state index contributed by atoms with van der Waals surface area (Å²) < 4.78 is 32.3. The number of halogens is 1. The number of nitrogens with one attached hydrogen (secondary N) is 6. The third kappa shape index (κ3) is 13.5. The van der Waals surface area contributed by atoms with Crippen molar-refractivity contribution in [3.8, 4) is 0 Å². The molecule has 0 radical (unpaired) electrons. The summed E-state index contributed by atoms with van der Waals surface area (Å²) in [5.74, 6) is -6.29. The van der Waals surface area contributed by atoms with Crippen molar-refractivity contribution in [1.29, 1.82) is 0 Å². The first-order valence-corrected chi connectivity index (χ1v) is 26.2. The first-order valence-electron chi connectivity index (χ1n) is 26.2. The van der Waals surface area contributed by atoms with Crippen LogP contribution in [0.1, 0.15) is 82.7 Å². The zero-order valence-electron chi connectivity index (χ0n) is 45.1. The molecule has 0 bridgehead atoms. The van der Waals surface area contributed by atoms with Crippen LogP contribution in [-0.2, 0) is 72.9 Å². The predicted molar refractivity (Wildman–Crippen MR) is 284 cm³/mol. The number of amides is 7. The molecule has 80 heavy (non-hydrogen) atoms. The summed E-state index contributed by atoms with van der Waals surface area (Å²) in [5.41, 5.74) is 4.59. The van der Waals surface area contributed by atoms with Gasteiger partial charge in [-0.25, -0.2) is 14.0 Å². The van der Waals surface area contributed by atoms with Crippen LogP contribution >= 0.6 is 0 Å². The van der Waals surface area contributed by atoms with Crippen LogP contribution in [0.25, 0.3) is 0 Å². The number of aliphatic imine (C=N–C) groups is 1. The normalized spacial score (nSPS) is 20.9. The number of hydrogen-bond acceptors (Lipinski definition) is 16. The highest BCUT2D eigenvalue weighted by atomic mass is 19.1. The topological polar surface area (TPSA) is 314 Å². The van der Waals surface area contributed by atoms with Crippen LogP contribution in [0, 0.1) is 17.8 Å². The number of hydrogen-bond donors (Lipinski definition) is 8. The van der Waals surface area contributed by atoms with E-state index in [0.717, 1.165) is 4.90 Å². The first-order chi connectivity index (χ1) is 38.1. The average Bonchev–Trinajstić information content (AvgIpc) is 4.15. The van der Waals surface area contributed by atoms with E-state index in [1.165, 1.54) is 24.5 Å². The minimum absolute atomic E-state index is 0.0231. The number of ether oxygens (including phenoxy) is 3. The molecule has 5 heterocycles. The summed E-state index contributed by atoms with van der Waals surface area (Å²) in [6.45, 7) is 8.72. The van der Waals surface area contributed by atoms with E-state index in [4.69, 9.17) is 19.2 Å². The number of esters is 1. The van der Waals surface area contributed by atoms with E-state index in [1.54, 1.807) is 56.3 Å². The second kappa shape index (κ2) is 25.8. The molecule has 1 saturated heterocycles. The Morgan fingerprint density at radius 1 is 1.01 bits per heavy atom. The van der Waals surface area contributed by atoms with Gasteiger partial charge in [-0.2, -0.15) is 0 Å². The molecule has 0 saturated carbocycles. The maximum Gasteiger partial charge on any atom is 0.407 e. The molecule has 5 aliphatic rings. The Hall–Kier alpha value is -8.11. The van der Waals surface area contributed by atoms with Crippen molar-refractivity contribution in [2.45, 2.75) is 103 Å². The van der Waals surface area contributed by atoms with Gasteiger partial charge in [-0.3, -0.25) is 48.8 Å². The average molecular weight is 1110 g/mol. The lowest BCUT2D eigenvalue weighted by atomic mass is 9.80. The number of rotatable bonds is 24. The predicted octanol–water partition coefficient (Wildman–Crippen LogP) is 1.12. The lowest BCUT2D eigenvalue weighted by molar-refractivity contribution is -0.172. The highest BCUT2D eigenvalue weighted by molar-refractivity contribution is 6.15. The van der Waals surface area contributed by atoms with E-state index >= 15 is 0 Å². The molecule has 24 heteroatoms. The summed E-state index contributed by atoms with van der Waals surface area (Å²) in [6.07, 6.45) is 2.84. The molecule has 1 aromatic carbocycles. The van der Waals surface area contributed by atoms with E-state index in [2.05, 4.69) is 49.9 Å². The monoisotopic (exact) mass is 1110 g/mol. The third-order valence-corrected chi connectivity index (χ3v) is 15.0. The fourth-order valence-electron chi connectivity index (χ4n) is 10.0. The number of alkyl carbamates (subject to hydrolysis) is 1. The van der Waals surface area contributed by atoms with Crippen LogP contribution in [0.15, 0.2) is 105 Å². The maximum atomic E-state index is 14.9. The molecular weight excluding hydrogens is 1040 g/mol. The van der Waals surface area contributed by atoms with Crippen molar-refractivity contribution < 1.29 is 67.2 Å². The number of carbonyl (C=O) groups is 8. The molecule has 7 amide bonds. The Balaban J connectivity index is 0.838. The minimum atomic E-state index is -2.04. The van der Waals surface area contributed by atoms with E-state index in [-0.39, 0.29) is 82.4 Å². The maximum absolute atomic E-state index is 14.9. The van der Waals surface area contributed by atoms with Gasteiger partial charge in [-0.1, -0.05) is 55.6 Å². The second-order valence-corrected chi connectivity index (χ2v) is 20.3. The standard InChI is InChI=1S/C56H66FN9O14/c1-7-9-11-14-31(3)35-21-48(70)66(52(35)73)33(5)55(6,76)62-27-46(68)58-26-47(69)63-43(20-34-15-12-10-13-16-34)50(71)59-25-45(67)61-30-78-17-18-79-54(75)60-24-37-36-19-32(4)41(57)23-42(36)64-49-38(37)28-65-44(49)22-40-39(51(65)72)29-80-53(74)56(40,77)8-2/h10-13,15-16,22-23,31,33,35-36,43,62,76-77H,1,8,14,17-21,24-30H2,2-6H3,(H,58,68)(H,59,71)(H,60,75)(H,61,67)(H,63,69)/t31?,33-,35?,36?,43+,55?,56+/m1/s1. The lowest BCUT2D eigenvalue weighted by Gasteiger charge is -2.36. The van der Waals surface area contributed by atoms with Crippen LogP contribution in [0.3, 0.4) is 0 Å². The largest absolute Gasteiger partial charge is 0.458 e. The van der Waals surface area contributed by atoms with Crippen molar-refractivity contribution in [2.24, 2.45) is 22.7 Å². The molecule has 426 valence electrons. The summed E-state index contributed by atoms with van der Waals surface area (Å²) in [7, 11) is 0. The molecule has 0 spiro atoms. The number of aliphatic hydroxyl groups is 2. The van der Waals surface area contributed by atoms with Gasteiger partial charge in [0.15, 0.2) is 5.60 Å². The Morgan fingerprint density at radius 3 is 2.46 bits per heavy atom. The molecule has 1 aliphatic carbocycles. The van der Waals surface area contributed by atoms with Gasteiger partial charge in [0, 0.05) is 36.4 Å². The second-order valence-electron chi connectivity index (χ2n) is 20.3. The smallest absolute Gasteiger partial charge is 0.407 e. The number of dihydropyridines is 1. The fraction of sp³-hybridized carbons (Fsp3) is 0.464. The number of imide groups is 1. The van der Waals surface area contributed by atoms with Crippen molar-refractivity contribution in [2.75, 3.05) is 46.1 Å². The number of likely N-dealkylation sites (tertiary alicyclic amines) is 1. The molecule has 4 aliphatic heterocycles. The number of cyclic esters (lactones) is 1. The Kier molecular flexibility index (Phi) is 19.2. The van der Waals surface area contributed by atoms with E-state index in [1.807, 2.05) is 6.92 Å². The van der Waals surface area contributed by atoms with Gasteiger partial charge in [-0.05, 0) is 87.5 Å². The van der Waals surface area contributed by atoms with Gasteiger partial charge in [-0.15, -0.1) is 0 Å². The summed E-state index contributed by atoms with van der Waals surface area (Å²) in [5, 5.41) is 37.8. The molecule has 2 aromatic rings. The van der Waals surface area contributed by atoms with Crippen molar-refractivity contribution in [3.63, 3.8) is 0 Å². The molecule has 7 atom stereocenters. The molecule has 1 aromatic heterocycles. The zero-order valence-corrected chi connectivity index (χ0v) is 45.1. The molecule has 4 unspecified atom stereocenters. The minimum Gasteiger partial charge on any atom is -0.458 e. The van der Waals surface area contributed by atoms with Gasteiger partial charge in [0.05, 0.1) is 67.4 Å². The molecule has 8 N–H and O–H groups in total. The first kappa shape index (κ1) is 59.5. The summed E-state index contributed by atoms with van der Waals surface area (Å²) >= 11 is 0. The van der Waals surface area contributed by atoms with Gasteiger partial charge in [0.2, 0.25) is 35.4 Å². The van der Waals surface area contributed by atoms with Crippen molar-refractivity contribution in [3.05, 3.63) is 128 Å². The van der Waals surface area contributed by atoms with Gasteiger partial charge in [0.1, 0.15) is 37.5 Å². The van der Waals surface area contributed by atoms with Gasteiger partial charge in [0.25, 0.3) is 5.56 Å². The van der Waals surface area contributed by atoms with Crippen LogP contribution in [0.2, 0.25) is 0 Å². The molecule has 1 fully saturated rings. The van der Waals surface area contributed by atoms with Crippen LogP contribution < -0.4 is 37.5 Å². The summed E-state index contributed by atoms with van der Waals surface area (Å²) in [6, 6.07) is 8.03. The van der Waals surface area contributed by atoms with Gasteiger partial charge >= 0.3 is 12.1 Å². The van der Waals surface area contributed by atoms with E-state index in [0.29, 0.717) is 45.8 Å². The lowest BCUT2D eigenvalue weighted by Crippen LogP contribution is -2.61. The number of carbonyl (C=O) groups excluding carboxylic acids is 8. The van der Waals surface area contributed by atoms with E-state index in [9.17, 15) is 57.8 Å². The van der Waals surface area contributed by atoms with Crippen molar-refractivity contribution >= 4 is 53.2 Å². The van der Waals surface area contributed by atoms with Gasteiger partial charge < -0.3 is 55.6 Å². The molecular formula is C56H66FN9O14. The highest BCUT2D eigenvalue weighted by Crippen LogP contribution is 2.43. The number of benzene rings is 1. The Bertz CT molecular complexity index is 3120. The third-order valence-electron chi connectivity index (χ3n) is 15.0. The number of aromatic nitrogens is 1. The van der Waals surface area contributed by atoms with E-state index < -0.39 is 114 Å². The quantitative estimate of drug-likeness (QED) is 0.0240.